The zero-order valence-corrected chi connectivity index (χ0v) is 14.9. The van der Waals surface area contributed by atoms with Gasteiger partial charge in [0.2, 0.25) is 0 Å². The molecule has 6 heteroatoms. The van der Waals surface area contributed by atoms with Crippen LogP contribution in [-0.2, 0) is 17.6 Å². The van der Waals surface area contributed by atoms with Crippen molar-refractivity contribution in [3.05, 3.63) is 52.5 Å². The minimum Gasteiger partial charge on any atom is -0.482 e. The van der Waals surface area contributed by atoms with Gasteiger partial charge in [-0.25, -0.2) is 4.98 Å². The highest BCUT2D eigenvalue weighted by Gasteiger charge is 2.22. The number of carbonyl (C=O) groups is 1. The molecule has 0 atom stereocenters. The summed E-state index contributed by atoms with van der Waals surface area (Å²) in [7, 11) is 0. The molecule has 0 aliphatic heterocycles. The standard InChI is InChI=1S/C18H19ClN2O2S/c1-2-11-21(18-20-14-8-4-6-10-16(14)24-18)17(22)12-23-15-9-5-3-7-13(15)19/h2-3,5,7,9H,1,4,6,8,10-12H2. The van der Waals surface area contributed by atoms with E-state index in [1.54, 1.807) is 34.4 Å². The Kier molecular flexibility index (Phi) is 5.53. The molecule has 2 aromatic rings. The molecule has 0 saturated carbocycles. The topological polar surface area (TPSA) is 42.4 Å². The molecule has 0 bridgehead atoms. The van der Waals surface area contributed by atoms with E-state index >= 15 is 0 Å². The first kappa shape index (κ1) is 17.0. The molecule has 0 fully saturated rings. The zero-order chi connectivity index (χ0) is 16.9. The third-order valence-corrected chi connectivity index (χ3v) is 5.36. The fraction of sp³-hybridized carbons (Fsp3) is 0.333. The molecule has 0 unspecified atom stereocenters. The van der Waals surface area contributed by atoms with Crippen molar-refractivity contribution in [2.45, 2.75) is 25.7 Å². The second-order valence-electron chi connectivity index (χ2n) is 5.59. The molecule has 1 heterocycles. The number of benzene rings is 1. The molecule has 24 heavy (non-hydrogen) atoms. The first-order valence-electron chi connectivity index (χ1n) is 7.96. The van der Waals surface area contributed by atoms with Gasteiger partial charge in [0.25, 0.3) is 5.91 Å². The Morgan fingerprint density at radius 1 is 1.38 bits per heavy atom. The summed E-state index contributed by atoms with van der Waals surface area (Å²) in [5.41, 5.74) is 1.13. The molecule has 1 aromatic carbocycles. The monoisotopic (exact) mass is 362 g/mol. The Hall–Kier alpha value is -1.85. The number of fused-ring (bicyclic) bond motifs is 1. The number of anilines is 1. The van der Waals surface area contributed by atoms with Gasteiger partial charge in [0.05, 0.1) is 10.7 Å². The average Bonchev–Trinajstić information content (AvgIpc) is 3.02. The number of hydrogen-bond donors (Lipinski definition) is 0. The lowest BCUT2D eigenvalue weighted by atomic mass is 10.0. The van der Waals surface area contributed by atoms with Crippen LogP contribution in [0.1, 0.15) is 23.4 Å². The van der Waals surface area contributed by atoms with Gasteiger partial charge in [0.1, 0.15) is 5.75 Å². The summed E-state index contributed by atoms with van der Waals surface area (Å²) in [5.74, 6) is 0.352. The van der Waals surface area contributed by atoms with Crippen molar-refractivity contribution in [3.8, 4) is 5.75 Å². The fourth-order valence-electron chi connectivity index (χ4n) is 2.65. The summed E-state index contributed by atoms with van der Waals surface area (Å²) in [6.45, 7) is 4.08. The predicted octanol–water partition coefficient (Wildman–Crippen LogP) is 4.27. The van der Waals surface area contributed by atoms with Gasteiger partial charge in [0.15, 0.2) is 11.7 Å². The number of para-hydroxylation sites is 1. The quantitative estimate of drug-likeness (QED) is 0.720. The maximum Gasteiger partial charge on any atom is 0.266 e. The lowest BCUT2D eigenvalue weighted by Gasteiger charge is -2.18. The van der Waals surface area contributed by atoms with Crippen molar-refractivity contribution in [1.29, 1.82) is 0 Å². The Bertz CT molecular complexity index is 721. The number of aryl methyl sites for hydroxylation is 2. The fourth-order valence-corrected chi connectivity index (χ4v) is 4.01. The van der Waals surface area contributed by atoms with Crippen LogP contribution in [0.3, 0.4) is 0 Å². The molecule has 4 nitrogen and oxygen atoms in total. The molecular formula is C18H19ClN2O2S. The highest BCUT2D eigenvalue weighted by molar-refractivity contribution is 7.16. The number of ether oxygens (including phenoxy) is 1. The van der Waals surface area contributed by atoms with Gasteiger partial charge in [-0.15, -0.1) is 17.9 Å². The normalized spacial score (nSPS) is 13.2. The molecule has 1 aliphatic carbocycles. The Morgan fingerprint density at radius 3 is 2.92 bits per heavy atom. The van der Waals surface area contributed by atoms with E-state index in [-0.39, 0.29) is 12.5 Å². The van der Waals surface area contributed by atoms with Gasteiger partial charge >= 0.3 is 0 Å². The zero-order valence-electron chi connectivity index (χ0n) is 13.3. The maximum atomic E-state index is 12.6. The van der Waals surface area contributed by atoms with Crippen molar-refractivity contribution < 1.29 is 9.53 Å². The van der Waals surface area contributed by atoms with E-state index in [2.05, 4.69) is 11.6 Å². The SMILES string of the molecule is C=CCN(C(=O)COc1ccccc1Cl)c1nc2c(s1)CCCC2. The summed E-state index contributed by atoms with van der Waals surface area (Å²) in [4.78, 5) is 20.2. The van der Waals surface area contributed by atoms with Crippen LogP contribution in [0.15, 0.2) is 36.9 Å². The second kappa shape index (κ2) is 7.81. The van der Waals surface area contributed by atoms with E-state index in [0.29, 0.717) is 17.3 Å². The highest BCUT2D eigenvalue weighted by atomic mass is 35.5. The summed E-state index contributed by atoms with van der Waals surface area (Å²) in [6, 6.07) is 7.12. The first-order chi connectivity index (χ1) is 11.7. The first-order valence-corrected chi connectivity index (χ1v) is 9.15. The van der Waals surface area contributed by atoms with Crippen molar-refractivity contribution >= 4 is 34.0 Å². The predicted molar refractivity (Wildman–Crippen MR) is 98.3 cm³/mol. The number of halogens is 1. The van der Waals surface area contributed by atoms with Gasteiger partial charge in [-0.1, -0.05) is 29.8 Å². The van der Waals surface area contributed by atoms with Gasteiger partial charge in [-0.2, -0.15) is 0 Å². The highest BCUT2D eigenvalue weighted by Crippen LogP contribution is 2.32. The number of aromatic nitrogens is 1. The number of carbonyl (C=O) groups excluding carboxylic acids is 1. The van der Waals surface area contributed by atoms with Crippen LogP contribution in [0, 0.1) is 0 Å². The van der Waals surface area contributed by atoms with Crippen LogP contribution in [0.2, 0.25) is 5.02 Å². The van der Waals surface area contributed by atoms with E-state index < -0.39 is 0 Å². The lowest BCUT2D eigenvalue weighted by Crippen LogP contribution is -2.35. The molecule has 126 valence electrons. The third-order valence-electron chi connectivity index (χ3n) is 3.87. The summed E-state index contributed by atoms with van der Waals surface area (Å²) < 4.78 is 5.57. The van der Waals surface area contributed by atoms with Crippen molar-refractivity contribution in [2.24, 2.45) is 0 Å². The minimum atomic E-state index is -0.152. The van der Waals surface area contributed by atoms with Gasteiger partial charge < -0.3 is 4.74 Å². The minimum absolute atomic E-state index is 0.0815. The maximum absolute atomic E-state index is 12.6. The molecule has 1 aliphatic rings. The van der Waals surface area contributed by atoms with E-state index in [0.717, 1.165) is 23.7 Å². The number of rotatable bonds is 6. The number of thiazole rings is 1. The van der Waals surface area contributed by atoms with E-state index in [1.807, 2.05) is 12.1 Å². The average molecular weight is 363 g/mol. The van der Waals surface area contributed by atoms with Crippen LogP contribution in [0.5, 0.6) is 5.75 Å². The van der Waals surface area contributed by atoms with Gasteiger partial charge in [-0.3, -0.25) is 9.69 Å². The largest absolute Gasteiger partial charge is 0.482 e. The van der Waals surface area contributed by atoms with Crippen LogP contribution in [0.25, 0.3) is 0 Å². The van der Waals surface area contributed by atoms with Crippen LogP contribution < -0.4 is 9.64 Å². The van der Waals surface area contributed by atoms with Crippen molar-refractivity contribution in [1.82, 2.24) is 4.98 Å². The van der Waals surface area contributed by atoms with Gasteiger partial charge in [0, 0.05) is 11.4 Å². The van der Waals surface area contributed by atoms with E-state index in [9.17, 15) is 4.79 Å². The molecular weight excluding hydrogens is 344 g/mol. The van der Waals surface area contributed by atoms with Crippen LogP contribution >= 0.6 is 22.9 Å². The van der Waals surface area contributed by atoms with Crippen LogP contribution in [-0.4, -0.2) is 24.0 Å². The molecule has 1 amide bonds. The third kappa shape index (κ3) is 3.79. The molecule has 0 spiro atoms. The molecule has 1 aromatic heterocycles. The number of nitrogens with zero attached hydrogens (tertiary/aromatic N) is 2. The Balaban J connectivity index is 1.72. The summed E-state index contributed by atoms with van der Waals surface area (Å²) in [5, 5.41) is 1.22. The Morgan fingerprint density at radius 2 is 2.17 bits per heavy atom. The summed E-state index contributed by atoms with van der Waals surface area (Å²) in [6.07, 6.45) is 6.12. The molecule has 0 radical (unpaired) electrons. The second-order valence-corrected chi connectivity index (χ2v) is 7.05. The van der Waals surface area contributed by atoms with Crippen molar-refractivity contribution in [3.63, 3.8) is 0 Å². The van der Waals surface area contributed by atoms with Crippen molar-refractivity contribution in [2.75, 3.05) is 18.1 Å². The Labute approximate surface area is 150 Å². The molecule has 3 rings (SSSR count). The van der Waals surface area contributed by atoms with Crippen LogP contribution in [0.4, 0.5) is 5.13 Å². The summed E-state index contributed by atoms with van der Waals surface area (Å²) >= 11 is 7.66. The van der Waals surface area contributed by atoms with E-state index in [4.69, 9.17) is 16.3 Å². The van der Waals surface area contributed by atoms with Gasteiger partial charge in [-0.05, 0) is 37.8 Å². The number of hydrogen-bond acceptors (Lipinski definition) is 4. The lowest BCUT2D eigenvalue weighted by molar-refractivity contribution is -0.120. The smallest absolute Gasteiger partial charge is 0.266 e. The molecule has 0 N–H and O–H groups in total. The van der Waals surface area contributed by atoms with E-state index in [1.165, 1.54) is 17.7 Å². The molecule has 0 saturated heterocycles. The number of amides is 1.